The van der Waals surface area contributed by atoms with Gasteiger partial charge in [-0.15, -0.1) is 0 Å². The van der Waals surface area contributed by atoms with Crippen LogP contribution in [0.15, 0.2) is 47.3 Å². The molecule has 0 radical (unpaired) electrons. The lowest BCUT2D eigenvalue weighted by Crippen LogP contribution is -2.23. The molecular weight excluding hydrogens is 360 g/mol. The lowest BCUT2D eigenvalue weighted by Gasteiger charge is -2.08. The van der Waals surface area contributed by atoms with Crippen molar-refractivity contribution in [1.29, 1.82) is 0 Å². The number of hydrogen-bond donors (Lipinski definition) is 3. The third-order valence-corrected chi connectivity index (χ3v) is 4.58. The number of benzene rings is 2. The summed E-state index contributed by atoms with van der Waals surface area (Å²) in [6.07, 6.45) is 2.64. The molecule has 1 amide bonds. The SMILES string of the molecule is Nc1ccc(C=C2CCn3c2nc2cc(NC(=O)C(=O)O)ccc2c3=O)cc1. The minimum atomic E-state index is -1.59. The molecule has 0 aliphatic carbocycles. The first-order chi connectivity index (χ1) is 13.4. The predicted octanol–water partition coefficient (Wildman–Crippen LogP) is 1.95. The highest BCUT2D eigenvalue weighted by Crippen LogP contribution is 2.28. The van der Waals surface area contributed by atoms with Crippen molar-refractivity contribution in [3.8, 4) is 0 Å². The van der Waals surface area contributed by atoms with Gasteiger partial charge in [0.15, 0.2) is 0 Å². The molecular formula is C20H16N4O4. The number of anilines is 2. The monoisotopic (exact) mass is 376 g/mol. The summed E-state index contributed by atoms with van der Waals surface area (Å²) in [7, 11) is 0. The molecule has 3 aromatic rings. The smallest absolute Gasteiger partial charge is 0.394 e. The Morgan fingerprint density at radius 2 is 1.93 bits per heavy atom. The molecule has 0 saturated carbocycles. The number of hydrogen-bond acceptors (Lipinski definition) is 5. The number of nitrogens with zero attached hydrogens (tertiary/aromatic N) is 2. The van der Waals surface area contributed by atoms with E-state index in [1.54, 1.807) is 16.7 Å². The number of rotatable bonds is 2. The van der Waals surface area contributed by atoms with Crippen LogP contribution in [0.25, 0.3) is 22.6 Å². The number of aliphatic carboxylic acids is 1. The molecule has 1 aliphatic heterocycles. The van der Waals surface area contributed by atoms with E-state index in [-0.39, 0.29) is 11.2 Å². The molecule has 8 nitrogen and oxygen atoms in total. The van der Waals surface area contributed by atoms with E-state index in [9.17, 15) is 14.4 Å². The summed E-state index contributed by atoms with van der Waals surface area (Å²) < 4.78 is 1.63. The molecule has 2 heterocycles. The number of aromatic nitrogens is 2. The van der Waals surface area contributed by atoms with Crippen LogP contribution in [0.1, 0.15) is 17.8 Å². The molecule has 1 aliphatic rings. The Morgan fingerprint density at radius 3 is 2.64 bits per heavy atom. The molecule has 0 atom stereocenters. The van der Waals surface area contributed by atoms with E-state index in [0.717, 1.165) is 11.1 Å². The summed E-state index contributed by atoms with van der Waals surface area (Å²) in [6, 6.07) is 11.9. The van der Waals surface area contributed by atoms with Crippen molar-refractivity contribution in [2.45, 2.75) is 13.0 Å². The van der Waals surface area contributed by atoms with Crippen LogP contribution in [-0.4, -0.2) is 26.5 Å². The molecule has 0 bridgehead atoms. The first kappa shape index (κ1) is 17.5. The van der Waals surface area contributed by atoms with Gasteiger partial charge in [-0.25, -0.2) is 9.78 Å². The fraction of sp³-hybridized carbons (Fsp3) is 0.100. The Bertz CT molecular complexity index is 1210. The van der Waals surface area contributed by atoms with Gasteiger partial charge < -0.3 is 16.2 Å². The number of nitrogens with one attached hydrogen (secondary N) is 1. The van der Waals surface area contributed by atoms with Crippen LogP contribution in [0.4, 0.5) is 11.4 Å². The van der Waals surface area contributed by atoms with E-state index in [4.69, 9.17) is 10.8 Å². The minimum Gasteiger partial charge on any atom is -0.474 e. The maximum Gasteiger partial charge on any atom is 0.394 e. The standard InChI is InChI=1S/C20H16N4O4/c21-13-3-1-11(2-4-13)9-12-7-8-24-17(12)23-16-10-14(22-18(25)20(27)28)5-6-15(16)19(24)26/h1-6,9-10H,7-8,21H2,(H,22,25)(H,27,28). The first-order valence-electron chi connectivity index (χ1n) is 8.58. The normalized spacial score (nSPS) is 14.2. The fourth-order valence-corrected chi connectivity index (χ4v) is 3.21. The Kier molecular flexibility index (Phi) is 4.15. The van der Waals surface area contributed by atoms with Gasteiger partial charge in [0, 0.05) is 17.9 Å². The maximum absolute atomic E-state index is 12.8. The summed E-state index contributed by atoms with van der Waals surface area (Å²) in [6.45, 7) is 0.537. The molecule has 0 saturated heterocycles. The van der Waals surface area contributed by atoms with Crippen LogP contribution in [0.5, 0.6) is 0 Å². The highest BCUT2D eigenvalue weighted by atomic mass is 16.4. The average Bonchev–Trinajstić information content (AvgIpc) is 3.06. The predicted molar refractivity (Wildman–Crippen MR) is 106 cm³/mol. The topological polar surface area (TPSA) is 127 Å². The summed E-state index contributed by atoms with van der Waals surface area (Å²) in [5, 5.41) is 11.4. The van der Waals surface area contributed by atoms with E-state index in [0.29, 0.717) is 35.4 Å². The first-order valence-corrected chi connectivity index (χ1v) is 8.58. The Hall–Kier alpha value is -3.94. The largest absolute Gasteiger partial charge is 0.474 e. The zero-order chi connectivity index (χ0) is 19.8. The number of carboxylic acid groups (broad SMARTS) is 1. The van der Waals surface area contributed by atoms with Gasteiger partial charge in [0.05, 0.1) is 10.9 Å². The molecule has 0 unspecified atom stereocenters. The molecule has 28 heavy (non-hydrogen) atoms. The maximum atomic E-state index is 12.8. The van der Waals surface area contributed by atoms with Crippen LogP contribution >= 0.6 is 0 Å². The Labute approximate surface area is 158 Å². The van der Waals surface area contributed by atoms with Crippen molar-refractivity contribution < 1.29 is 14.7 Å². The van der Waals surface area contributed by atoms with Crippen molar-refractivity contribution >= 4 is 45.8 Å². The van der Waals surface area contributed by atoms with Crippen molar-refractivity contribution in [2.24, 2.45) is 0 Å². The van der Waals surface area contributed by atoms with Crippen LogP contribution in [0, 0.1) is 0 Å². The van der Waals surface area contributed by atoms with E-state index in [1.807, 2.05) is 18.2 Å². The lowest BCUT2D eigenvalue weighted by atomic mass is 10.1. The number of allylic oxidation sites excluding steroid dienone is 1. The van der Waals surface area contributed by atoms with Crippen molar-refractivity contribution in [3.63, 3.8) is 0 Å². The zero-order valence-electron chi connectivity index (χ0n) is 14.7. The van der Waals surface area contributed by atoms with Gasteiger partial charge in [-0.2, -0.15) is 0 Å². The molecule has 4 rings (SSSR count). The van der Waals surface area contributed by atoms with Gasteiger partial charge in [0.1, 0.15) is 5.82 Å². The molecule has 0 spiro atoms. The van der Waals surface area contributed by atoms with Crippen molar-refractivity contribution in [3.05, 3.63) is 64.2 Å². The number of fused-ring (bicyclic) bond motifs is 2. The van der Waals surface area contributed by atoms with Crippen molar-refractivity contribution in [1.82, 2.24) is 9.55 Å². The number of nitrogen functional groups attached to an aromatic ring is 1. The average molecular weight is 376 g/mol. The van der Waals surface area contributed by atoms with Gasteiger partial charge in [0.2, 0.25) is 0 Å². The van der Waals surface area contributed by atoms with E-state index in [1.165, 1.54) is 18.2 Å². The van der Waals surface area contributed by atoms with Gasteiger partial charge in [-0.05, 0) is 54.0 Å². The molecule has 2 aromatic carbocycles. The van der Waals surface area contributed by atoms with E-state index < -0.39 is 11.9 Å². The second-order valence-electron chi connectivity index (χ2n) is 6.47. The fourth-order valence-electron chi connectivity index (χ4n) is 3.21. The van der Waals surface area contributed by atoms with Crippen LogP contribution in [0.2, 0.25) is 0 Å². The molecule has 0 fully saturated rings. The summed E-state index contributed by atoms with van der Waals surface area (Å²) in [5.41, 5.74) is 8.75. The second-order valence-corrected chi connectivity index (χ2v) is 6.47. The highest BCUT2D eigenvalue weighted by Gasteiger charge is 2.21. The molecule has 140 valence electrons. The summed E-state index contributed by atoms with van der Waals surface area (Å²) >= 11 is 0. The molecule has 4 N–H and O–H groups in total. The van der Waals surface area contributed by atoms with E-state index >= 15 is 0 Å². The number of carbonyl (C=O) groups is 2. The quantitative estimate of drug-likeness (QED) is 0.463. The third-order valence-electron chi connectivity index (χ3n) is 4.58. The molecule has 1 aromatic heterocycles. The minimum absolute atomic E-state index is 0.170. The summed E-state index contributed by atoms with van der Waals surface area (Å²) in [4.78, 5) is 39.5. The van der Waals surface area contributed by atoms with Gasteiger partial charge in [-0.1, -0.05) is 12.1 Å². The van der Waals surface area contributed by atoms with Crippen LogP contribution in [-0.2, 0) is 16.1 Å². The third kappa shape index (κ3) is 3.11. The van der Waals surface area contributed by atoms with Gasteiger partial charge in [0.25, 0.3) is 5.56 Å². The summed E-state index contributed by atoms with van der Waals surface area (Å²) in [5.74, 6) is -2.17. The number of amides is 1. The van der Waals surface area contributed by atoms with Crippen molar-refractivity contribution in [2.75, 3.05) is 11.1 Å². The Balaban J connectivity index is 1.78. The number of nitrogens with two attached hydrogens (primary N) is 1. The Morgan fingerprint density at radius 1 is 1.18 bits per heavy atom. The van der Waals surface area contributed by atoms with Gasteiger partial charge >= 0.3 is 11.9 Å². The van der Waals surface area contributed by atoms with Crippen LogP contribution in [0.3, 0.4) is 0 Å². The number of carboxylic acids is 1. The zero-order valence-corrected chi connectivity index (χ0v) is 14.7. The molecule has 8 heteroatoms. The highest BCUT2D eigenvalue weighted by molar-refractivity contribution is 6.36. The number of carbonyl (C=O) groups excluding carboxylic acids is 1. The lowest BCUT2D eigenvalue weighted by molar-refractivity contribution is -0.147. The van der Waals surface area contributed by atoms with Gasteiger partial charge in [-0.3, -0.25) is 14.2 Å². The second kappa shape index (κ2) is 6.66. The van der Waals surface area contributed by atoms with Crippen LogP contribution < -0.4 is 16.6 Å². The van der Waals surface area contributed by atoms with E-state index in [2.05, 4.69) is 10.3 Å².